The molecule has 1 aromatic heterocycles. The van der Waals surface area contributed by atoms with Crippen molar-refractivity contribution in [2.24, 2.45) is 0 Å². The van der Waals surface area contributed by atoms with E-state index in [4.69, 9.17) is 9.47 Å². The Morgan fingerprint density at radius 3 is 2.78 bits per heavy atom. The van der Waals surface area contributed by atoms with Crippen LogP contribution >= 0.6 is 0 Å². The number of nitrogens with one attached hydrogen (secondary N) is 1. The maximum Gasteiger partial charge on any atom is 0.164 e. The molecule has 1 aliphatic carbocycles. The van der Waals surface area contributed by atoms with Crippen molar-refractivity contribution >= 4 is 5.57 Å². The molecule has 4 heteroatoms. The topological polar surface area (TPSA) is 47.1 Å². The normalized spacial score (nSPS) is 13.1. The smallest absolute Gasteiger partial charge is 0.164 e. The Kier molecular flexibility index (Phi) is 2.55. The SMILES string of the molecule is COc1ccc2c(c1OC)CC=C2c1cnc[nH]1. The zero-order chi connectivity index (χ0) is 12.5. The largest absolute Gasteiger partial charge is 0.493 e. The van der Waals surface area contributed by atoms with E-state index in [2.05, 4.69) is 22.1 Å². The van der Waals surface area contributed by atoms with Crippen molar-refractivity contribution in [1.82, 2.24) is 9.97 Å². The van der Waals surface area contributed by atoms with Crippen LogP contribution in [0.4, 0.5) is 0 Å². The lowest BCUT2D eigenvalue weighted by atomic mass is 10.0. The summed E-state index contributed by atoms with van der Waals surface area (Å²) in [4.78, 5) is 7.20. The van der Waals surface area contributed by atoms with Gasteiger partial charge in [-0.3, -0.25) is 0 Å². The van der Waals surface area contributed by atoms with Gasteiger partial charge in [0.25, 0.3) is 0 Å². The molecule has 0 spiro atoms. The molecule has 1 aliphatic rings. The number of hydrogen-bond acceptors (Lipinski definition) is 3. The predicted molar refractivity (Wildman–Crippen MR) is 68.9 cm³/mol. The summed E-state index contributed by atoms with van der Waals surface area (Å²) >= 11 is 0. The lowest BCUT2D eigenvalue weighted by Gasteiger charge is -2.13. The zero-order valence-electron chi connectivity index (χ0n) is 10.4. The van der Waals surface area contributed by atoms with Gasteiger partial charge in [0.05, 0.1) is 32.4 Å². The molecule has 4 nitrogen and oxygen atoms in total. The highest BCUT2D eigenvalue weighted by Gasteiger charge is 2.22. The summed E-state index contributed by atoms with van der Waals surface area (Å²) in [5.74, 6) is 1.59. The van der Waals surface area contributed by atoms with Gasteiger partial charge in [-0.25, -0.2) is 4.98 Å². The number of rotatable bonds is 3. The molecule has 1 N–H and O–H groups in total. The molecule has 0 aliphatic heterocycles. The van der Waals surface area contributed by atoms with Crippen molar-refractivity contribution < 1.29 is 9.47 Å². The quantitative estimate of drug-likeness (QED) is 0.899. The Bertz CT molecular complexity index is 601. The molecule has 0 saturated carbocycles. The molecule has 1 heterocycles. The van der Waals surface area contributed by atoms with E-state index in [9.17, 15) is 0 Å². The zero-order valence-corrected chi connectivity index (χ0v) is 10.4. The number of methoxy groups -OCH3 is 2. The minimum absolute atomic E-state index is 0.774. The van der Waals surface area contributed by atoms with Crippen LogP contribution in [0, 0.1) is 0 Å². The van der Waals surface area contributed by atoms with E-state index in [1.165, 1.54) is 16.7 Å². The molecule has 3 rings (SSSR count). The fraction of sp³-hybridized carbons (Fsp3) is 0.214. The molecule has 0 saturated heterocycles. The first-order valence-electron chi connectivity index (χ1n) is 5.78. The van der Waals surface area contributed by atoms with Crippen LogP contribution in [0.2, 0.25) is 0 Å². The summed E-state index contributed by atoms with van der Waals surface area (Å²) < 4.78 is 10.8. The highest BCUT2D eigenvalue weighted by Crippen LogP contribution is 2.41. The first-order chi connectivity index (χ1) is 8.85. The van der Waals surface area contributed by atoms with Gasteiger partial charge in [0, 0.05) is 11.1 Å². The summed E-state index contributed by atoms with van der Waals surface area (Å²) in [6, 6.07) is 4.00. The van der Waals surface area contributed by atoms with Gasteiger partial charge in [0.1, 0.15) is 0 Å². The van der Waals surface area contributed by atoms with Crippen LogP contribution in [0.1, 0.15) is 16.8 Å². The van der Waals surface area contributed by atoms with E-state index in [1.807, 2.05) is 12.3 Å². The Hall–Kier alpha value is -2.23. The average Bonchev–Trinajstić information content (AvgIpc) is 3.05. The van der Waals surface area contributed by atoms with Crippen LogP contribution in [-0.4, -0.2) is 24.2 Å². The molecule has 0 atom stereocenters. The van der Waals surface area contributed by atoms with Crippen LogP contribution < -0.4 is 9.47 Å². The number of allylic oxidation sites excluding steroid dienone is 1. The van der Waals surface area contributed by atoms with E-state index in [0.29, 0.717) is 0 Å². The molecule has 0 unspecified atom stereocenters. The molecule has 0 radical (unpaired) electrons. The summed E-state index contributed by atoms with van der Waals surface area (Å²) in [7, 11) is 3.33. The van der Waals surface area contributed by atoms with Crippen LogP contribution in [0.5, 0.6) is 11.5 Å². The van der Waals surface area contributed by atoms with Crippen molar-refractivity contribution in [3.05, 3.63) is 47.6 Å². The monoisotopic (exact) mass is 242 g/mol. The molecule has 92 valence electrons. The fourth-order valence-corrected chi connectivity index (χ4v) is 2.42. The van der Waals surface area contributed by atoms with Crippen LogP contribution in [0.25, 0.3) is 5.57 Å². The van der Waals surface area contributed by atoms with Gasteiger partial charge in [0.15, 0.2) is 11.5 Å². The maximum absolute atomic E-state index is 5.46. The first kappa shape index (κ1) is 10.9. The van der Waals surface area contributed by atoms with E-state index < -0.39 is 0 Å². The number of benzene rings is 1. The first-order valence-corrected chi connectivity index (χ1v) is 5.78. The third-order valence-electron chi connectivity index (χ3n) is 3.24. The molecule has 0 amide bonds. The van der Waals surface area contributed by atoms with Gasteiger partial charge < -0.3 is 14.5 Å². The summed E-state index contributed by atoms with van der Waals surface area (Å²) in [6.45, 7) is 0. The lowest BCUT2D eigenvalue weighted by molar-refractivity contribution is 0.352. The summed E-state index contributed by atoms with van der Waals surface area (Å²) in [5.41, 5.74) is 4.54. The second-order valence-corrected chi connectivity index (χ2v) is 4.11. The third kappa shape index (κ3) is 1.49. The van der Waals surface area contributed by atoms with Crippen molar-refractivity contribution in [2.75, 3.05) is 14.2 Å². The molecule has 0 fully saturated rings. The molecular weight excluding hydrogens is 228 g/mol. The van der Waals surface area contributed by atoms with E-state index in [0.717, 1.165) is 23.6 Å². The second kappa shape index (κ2) is 4.22. The lowest BCUT2D eigenvalue weighted by Crippen LogP contribution is -1.96. The van der Waals surface area contributed by atoms with Gasteiger partial charge in [-0.1, -0.05) is 12.1 Å². The van der Waals surface area contributed by atoms with Gasteiger partial charge in [-0.2, -0.15) is 0 Å². The maximum atomic E-state index is 5.46. The molecule has 2 aromatic rings. The minimum atomic E-state index is 0.774. The number of ether oxygens (including phenoxy) is 2. The van der Waals surface area contributed by atoms with E-state index >= 15 is 0 Å². The third-order valence-corrected chi connectivity index (χ3v) is 3.24. The van der Waals surface area contributed by atoms with Crippen LogP contribution in [0.15, 0.2) is 30.7 Å². The highest BCUT2D eigenvalue weighted by atomic mass is 16.5. The van der Waals surface area contributed by atoms with Gasteiger partial charge in [-0.05, 0) is 18.1 Å². The Morgan fingerprint density at radius 1 is 1.22 bits per heavy atom. The number of imidazole rings is 1. The van der Waals surface area contributed by atoms with Crippen molar-refractivity contribution in [3.63, 3.8) is 0 Å². The number of aromatic amines is 1. The van der Waals surface area contributed by atoms with Crippen molar-refractivity contribution in [3.8, 4) is 11.5 Å². The number of fused-ring (bicyclic) bond motifs is 1. The molecule has 0 bridgehead atoms. The summed E-state index contributed by atoms with van der Waals surface area (Å²) in [6.07, 6.45) is 6.55. The van der Waals surface area contributed by atoms with E-state index in [1.54, 1.807) is 20.5 Å². The Morgan fingerprint density at radius 2 is 2.11 bits per heavy atom. The van der Waals surface area contributed by atoms with Gasteiger partial charge >= 0.3 is 0 Å². The summed E-state index contributed by atoms with van der Waals surface area (Å²) in [5, 5.41) is 0. The van der Waals surface area contributed by atoms with Crippen LogP contribution in [0.3, 0.4) is 0 Å². The number of H-pyrrole nitrogens is 1. The Labute approximate surface area is 105 Å². The highest BCUT2D eigenvalue weighted by molar-refractivity contribution is 5.85. The van der Waals surface area contributed by atoms with Gasteiger partial charge in [-0.15, -0.1) is 0 Å². The molecular formula is C14H14N2O2. The Balaban J connectivity index is 2.11. The number of hydrogen-bond donors (Lipinski definition) is 1. The number of nitrogens with zero attached hydrogens (tertiary/aromatic N) is 1. The van der Waals surface area contributed by atoms with Crippen LogP contribution in [-0.2, 0) is 6.42 Å². The van der Waals surface area contributed by atoms with Gasteiger partial charge in [0.2, 0.25) is 0 Å². The molecule has 18 heavy (non-hydrogen) atoms. The predicted octanol–water partition coefficient (Wildman–Crippen LogP) is 2.41. The fourth-order valence-electron chi connectivity index (χ4n) is 2.42. The van der Waals surface area contributed by atoms with E-state index in [-0.39, 0.29) is 0 Å². The molecule has 1 aromatic carbocycles. The average molecular weight is 242 g/mol. The van der Waals surface area contributed by atoms with Crippen molar-refractivity contribution in [2.45, 2.75) is 6.42 Å². The van der Waals surface area contributed by atoms with Crippen molar-refractivity contribution in [1.29, 1.82) is 0 Å². The second-order valence-electron chi connectivity index (χ2n) is 4.11. The minimum Gasteiger partial charge on any atom is -0.493 e. The standard InChI is InChI=1S/C14H14N2O2/c1-17-13-6-5-9-10(12-7-15-8-16-12)3-4-11(9)14(13)18-2/h3,5-8H,4H2,1-2H3,(H,15,16). The number of aromatic nitrogens is 2.